The Hall–Kier alpha value is -2.95. The van der Waals surface area contributed by atoms with Gasteiger partial charge in [0.25, 0.3) is 11.8 Å². The third kappa shape index (κ3) is 4.34. The average molecular weight is 470 g/mol. The zero-order chi connectivity index (χ0) is 22.9. The van der Waals surface area contributed by atoms with Gasteiger partial charge in [-0.25, -0.2) is 13.4 Å². The summed E-state index contributed by atoms with van der Waals surface area (Å²) in [6, 6.07) is 10.6. The Morgan fingerprint density at radius 2 is 1.78 bits per heavy atom. The highest BCUT2D eigenvalue weighted by atomic mass is 32.2. The van der Waals surface area contributed by atoms with E-state index < -0.39 is 15.1 Å². The Labute approximate surface area is 190 Å². The van der Waals surface area contributed by atoms with E-state index in [-0.39, 0.29) is 10.8 Å². The molecule has 0 unspecified atom stereocenters. The Morgan fingerprint density at radius 1 is 1.06 bits per heavy atom. The maximum absolute atomic E-state index is 12.4. The topological polar surface area (TPSA) is 111 Å². The van der Waals surface area contributed by atoms with E-state index >= 15 is 0 Å². The van der Waals surface area contributed by atoms with Gasteiger partial charge in [0, 0.05) is 17.0 Å². The molecule has 0 atom stereocenters. The van der Waals surface area contributed by atoms with E-state index in [9.17, 15) is 8.42 Å². The molecule has 0 saturated heterocycles. The van der Waals surface area contributed by atoms with Crippen LogP contribution in [-0.2, 0) is 16.4 Å². The third-order valence-electron chi connectivity index (χ3n) is 4.91. The van der Waals surface area contributed by atoms with Crippen molar-refractivity contribution in [3.63, 3.8) is 0 Å². The van der Waals surface area contributed by atoms with Gasteiger partial charge in [0.15, 0.2) is 9.84 Å². The number of aryl methyl sites for hydroxylation is 1. The van der Waals surface area contributed by atoms with Crippen LogP contribution in [-0.4, -0.2) is 40.9 Å². The second kappa shape index (κ2) is 8.89. The average Bonchev–Trinajstić information content (AvgIpc) is 3.44. The molecule has 32 heavy (non-hydrogen) atoms. The van der Waals surface area contributed by atoms with E-state index in [1.54, 1.807) is 55.6 Å². The molecule has 1 aromatic carbocycles. The maximum Gasteiger partial charge on any atom is 0.268 e. The fourth-order valence-electron chi connectivity index (χ4n) is 3.06. The molecule has 4 rings (SSSR count). The number of sulfone groups is 1. The lowest BCUT2D eigenvalue weighted by Gasteiger charge is -2.09. The van der Waals surface area contributed by atoms with Gasteiger partial charge in [-0.15, -0.1) is 21.5 Å². The summed E-state index contributed by atoms with van der Waals surface area (Å²) in [5.41, 5.74) is 2.49. The molecule has 0 bridgehead atoms. The fraction of sp³-hybridized carbons (Fsp3) is 0.273. The molecular weight excluding hydrogens is 446 g/mol. The molecule has 0 amide bonds. The molecule has 0 spiro atoms. The molecule has 4 aromatic rings. The minimum absolute atomic E-state index is 0.284. The summed E-state index contributed by atoms with van der Waals surface area (Å²) in [6.07, 6.45) is 1.64. The summed E-state index contributed by atoms with van der Waals surface area (Å²) in [5, 5.41) is 11.0. The molecule has 0 radical (unpaired) electrons. The highest BCUT2D eigenvalue weighted by Crippen LogP contribution is 2.30. The number of thiophene rings is 1. The van der Waals surface area contributed by atoms with Crippen LogP contribution in [0.2, 0.25) is 0 Å². The molecule has 0 saturated carbocycles. The first kappa shape index (κ1) is 22.3. The zero-order valence-corrected chi connectivity index (χ0v) is 19.8. The van der Waals surface area contributed by atoms with Crippen LogP contribution in [0.4, 0.5) is 0 Å². The van der Waals surface area contributed by atoms with Crippen molar-refractivity contribution in [2.24, 2.45) is 0 Å². The predicted octanol–water partition coefficient (Wildman–Crippen LogP) is 4.13. The first-order valence-electron chi connectivity index (χ1n) is 10.0. The van der Waals surface area contributed by atoms with Crippen LogP contribution < -0.4 is 5.32 Å². The molecule has 166 valence electrons. The third-order valence-corrected chi connectivity index (χ3v) is 8.15. The van der Waals surface area contributed by atoms with Crippen LogP contribution in [0.5, 0.6) is 0 Å². The van der Waals surface area contributed by atoms with E-state index in [0.29, 0.717) is 23.0 Å². The lowest BCUT2D eigenvalue weighted by Crippen LogP contribution is -2.13. The van der Waals surface area contributed by atoms with Gasteiger partial charge in [-0.2, -0.15) is 0 Å². The number of aromatic nitrogens is 4. The van der Waals surface area contributed by atoms with Crippen LogP contribution in [0.15, 0.2) is 51.9 Å². The number of hydrogen-bond acceptors (Lipinski definition) is 9. The first-order valence-corrected chi connectivity index (χ1v) is 12.4. The van der Waals surface area contributed by atoms with Crippen molar-refractivity contribution < 1.29 is 12.8 Å². The number of benzene rings is 1. The molecule has 3 heterocycles. The van der Waals surface area contributed by atoms with Crippen molar-refractivity contribution in [1.82, 2.24) is 25.5 Å². The summed E-state index contributed by atoms with van der Waals surface area (Å²) >= 11 is 1.58. The van der Waals surface area contributed by atoms with Crippen LogP contribution >= 0.6 is 11.3 Å². The number of nitrogens with one attached hydrogen (secondary N) is 1. The van der Waals surface area contributed by atoms with Crippen LogP contribution in [0.3, 0.4) is 0 Å². The lowest BCUT2D eigenvalue weighted by atomic mass is 10.1. The maximum atomic E-state index is 12.4. The number of nitrogens with zero attached hydrogens (tertiary/aromatic N) is 4. The minimum Gasteiger partial charge on any atom is -0.414 e. The molecule has 0 aliphatic rings. The summed E-state index contributed by atoms with van der Waals surface area (Å²) in [4.78, 5) is 11.4. The van der Waals surface area contributed by atoms with Gasteiger partial charge in [-0.05, 0) is 52.1 Å². The van der Waals surface area contributed by atoms with E-state index in [1.165, 1.54) is 4.88 Å². The second-order valence-electron chi connectivity index (χ2n) is 7.52. The van der Waals surface area contributed by atoms with Crippen molar-refractivity contribution in [3.05, 3.63) is 53.2 Å². The van der Waals surface area contributed by atoms with E-state index in [4.69, 9.17) is 4.42 Å². The molecule has 3 aromatic heterocycles. The molecule has 10 heteroatoms. The molecular formula is C22H23N5O3S2. The Bertz CT molecular complexity index is 1340. The second-order valence-corrected chi connectivity index (χ2v) is 11.2. The summed E-state index contributed by atoms with van der Waals surface area (Å²) < 4.78 is 30.6. The molecule has 8 nitrogen and oxygen atoms in total. The summed E-state index contributed by atoms with van der Waals surface area (Å²) in [5.74, 6) is 0.719. The normalized spacial score (nSPS) is 11.9. The van der Waals surface area contributed by atoms with Crippen molar-refractivity contribution in [2.75, 3.05) is 7.05 Å². The van der Waals surface area contributed by atoms with E-state index in [0.717, 1.165) is 17.0 Å². The van der Waals surface area contributed by atoms with Crippen molar-refractivity contribution in [2.45, 2.75) is 37.5 Å². The van der Waals surface area contributed by atoms with Crippen molar-refractivity contribution >= 4 is 21.2 Å². The molecule has 0 aliphatic carbocycles. The van der Waals surface area contributed by atoms with Gasteiger partial charge in [-0.3, -0.25) is 4.98 Å². The highest BCUT2D eigenvalue weighted by Gasteiger charge is 2.20. The SMILES string of the molecule is CNCc1ccc(-c2nnc(-c3nc(-c4ccc(S(=O)(=O)C(C)C)cc4)cnc3C)o2)s1. The van der Waals surface area contributed by atoms with E-state index in [2.05, 4.69) is 25.5 Å². The van der Waals surface area contributed by atoms with Gasteiger partial charge >= 0.3 is 0 Å². The summed E-state index contributed by atoms with van der Waals surface area (Å²) in [6.45, 7) is 5.93. The largest absolute Gasteiger partial charge is 0.414 e. The van der Waals surface area contributed by atoms with Gasteiger partial charge in [0.2, 0.25) is 0 Å². The van der Waals surface area contributed by atoms with Gasteiger partial charge in [-0.1, -0.05) is 12.1 Å². The molecule has 1 N–H and O–H groups in total. The van der Waals surface area contributed by atoms with Gasteiger partial charge in [0.1, 0.15) is 5.69 Å². The van der Waals surface area contributed by atoms with Crippen LogP contribution in [0.25, 0.3) is 33.6 Å². The predicted molar refractivity (Wildman–Crippen MR) is 124 cm³/mol. The monoisotopic (exact) mass is 469 g/mol. The molecule has 0 aliphatic heterocycles. The lowest BCUT2D eigenvalue weighted by molar-refractivity contribution is 0.582. The Kier molecular flexibility index (Phi) is 6.18. The van der Waals surface area contributed by atoms with Crippen molar-refractivity contribution in [1.29, 1.82) is 0 Å². The quantitative estimate of drug-likeness (QED) is 0.430. The highest BCUT2D eigenvalue weighted by molar-refractivity contribution is 7.92. The minimum atomic E-state index is -3.33. The van der Waals surface area contributed by atoms with E-state index in [1.807, 2.05) is 26.1 Å². The Balaban J connectivity index is 1.64. The fourth-order valence-corrected chi connectivity index (χ4v) is 5.06. The zero-order valence-electron chi connectivity index (χ0n) is 18.2. The standard InChI is InChI=1S/C22H23N5O3S2/c1-13(2)32(28,29)17-8-5-15(6-9-17)18-12-24-14(3)20(25-18)22-27-26-21(30-22)19-10-7-16(31-19)11-23-4/h5-10,12-13,23H,11H2,1-4H3. The smallest absolute Gasteiger partial charge is 0.268 e. The Morgan fingerprint density at radius 3 is 2.47 bits per heavy atom. The molecule has 0 fully saturated rings. The van der Waals surface area contributed by atoms with Crippen LogP contribution in [0, 0.1) is 6.92 Å². The van der Waals surface area contributed by atoms with Crippen LogP contribution in [0.1, 0.15) is 24.4 Å². The summed E-state index contributed by atoms with van der Waals surface area (Å²) in [7, 11) is -1.43. The first-order chi connectivity index (χ1) is 15.3. The number of hydrogen-bond donors (Lipinski definition) is 1. The van der Waals surface area contributed by atoms with Crippen molar-refractivity contribution in [3.8, 4) is 33.6 Å². The number of rotatable bonds is 7. The van der Waals surface area contributed by atoms with Gasteiger partial charge in [0.05, 0.1) is 32.6 Å². The van der Waals surface area contributed by atoms with Gasteiger partial charge < -0.3 is 9.73 Å².